The minimum absolute atomic E-state index is 0.0347. The van der Waals surface area contributed by atoms with Gasteiger partial charge in [-0.1, -0.05) is 17.7 Å². The van der Waals surface area contributed by atoms with Crippen LogP contribution in [0.3, 0.4) is 0 Å². The maximum atomic E-state index is 10.5. The van der Waals surface area contributed by atoms with Crippen molar-refractivity contribution in [2.45, 2.75) is 30.8 Å². The first-order valence-electron chi connectivity index (χ1n) is 5.32. The van der Waals surface area contributed by atoms with Gasteiger partial charge in [0.15, 0.2) is 0 Å². The van der Waals surface area contributed by atoms with E-state index < -0.39 is 10.1 Å². The molecule has 2 rings (SSSR count). The van der Waals surface area contributed by atoms with Crippen molar-refractivity contribution < 1.29 is 17.8 Å². The first kappa shape index (κ1) is 14.6. The molecule has 7 heteroatoms. The van der Waals surface area contributed by atoms with Crippen LogP contribution in [0.4, 0.5) is 0 Å². The van der Waals surface area contributed by atoms with Gasteiger partial charge in [0.1, 0.15) is 6.04 Å². The van der Waals surface area contributed by atoms with E-state index in [0.717, 1.165) is 5.56 Å². The Kier molecular flexibility index (Phi) is 4.44. The molecule has 0 bridgehead atoms. The molecule has 1 aromatic carbocycles. The normalized spacial score (nSPS) is 22.3. The van der Waals surface area contributed by atoms with E-state index in [0.29, 0.717) is 0 Å². The largest absolute Gasteiger partial charge is 0.350 e. The summed E-state index contributed by atoms with van der Waals surface area (Å²) < 4.78 is 29.6. The molecule has 100 valence electrons. The number of aryl methyl sites for hydroxylation is 1. The van der Waals surface area contributed by atoms with E-state index in [1.165, 1.54) is 12.1 Å². The van der Waals surface area contributed by atoms with E-state index in [2.05, 4.69) is 5.32 Å². The molecule has 0 radical (unpaired) electrons. The Labute approximate surface area is 106 Å². The number of rotatable bonds is 1. The molecule has 4 N–H and O–H groups in total. The monoisotopic (exact) mass is 272 g/mol. The van der Waals surface area contributed by atoms with Crippen LogP contribution in [0, 0.1) is 6.92 Å². The number of carbonyl (C=O) groups excluding carboxylic acids is 1. The second kappa shape index (κ2) is 5.47. The smallest absolute Gasteiger partial charge is 0.294 e. The second-order valence-corrected chi connectivity index (χ2v) is 5.53. The molecule has 0 spiro atoms. The van der Waals surface area contributed by atoms with Crippen molar-refractivity contribution in [3.8, 4) is 0 Å². The third kappa shape index (κ3) is 3.80. The molecule has 0 saturated carbocycles. The van der Waals surface area contributed by atoms with Crippen LogP contribution in [-0.4, -0.2) is 31.0 Å². The van der Waals surface area contributed by atoms with Gasteiger partial charge >= 0.3 is 0 Å². The molecular formula is C11H16N2O4S. The van der Waals surface area contributed by atoms with Crippen molar-refractivity contribution in [2.75, 3.05) is 0 Å². The highest BCUT2D eigenvalue weighted by Gasteiger charge is 2.31. The van der Waals surface area contributed by atoms with Gasteiger partial charge in [-0.3, -0.25) is 9.35 Å². The predicted octanol–water partition coefficient (Wildman–Crippen LogP) is 0.0737. The molecule has 0 aromatic heterocycles. The molecule has 0 aliphatic carbocycles. The first-order chi connectivity index (χ1) is 8.21. The van der Waals surface area contributed by atoms with Gasteiger partial charge in [-0.05, 0) is 26.0 Å². The van der Waals surface area contributed by atoms with Gasteiger partial charge < -0.3 is 11.1 Å². The number of nitrogens with two attached hydrogens (primary N) is 1. The van der Waals surface area contributed by atoms with Crippen molar-refractivity contribution in [2.24, 2.45) is 5.73 Å². The van der Waals surface area contributed by atoms with Crippen molar-refractivity contribution in [3.05, 3.63) is 29.8 Å². The third-order valence-electron chi connectivity index (χ3n) is 2.53. The molecule has 2 atom stereocenters. The van der Waals surface area contributed by atoms with Gasteiger partial charge in [0.25, 0.3) is 10.1 Å². The summed E-state index contributed by atoms with van der Waals surface area (Å²) in [5.41, 5.74) is 6.21. The maximum Gasteiger partial charge on any atom is 0.294 e. The fraction of sp³-hybridized carbons (Fsp3) is 0.364. The van der Waals surface area contributed by atoms with Gasteiger partial charge in [0, 0.05) is 0 Å². The number of β-lactam (4-membered cyclic amide) rings is 1. The number of hydrogen-bond acceptors (Lipinski definition) is 4. The van der Waals surface area contributed by atoms with Crippen LogP contribution in [0.2, 0.25) is 0 Å². The zero-order chi connectivity index (χ0) is 13.9. The number of hydrogen-bond donors (Lipinski definition) is 3. The average molecular weight is 272 g/mol. The van der Waals surface area contributed by atoms with E-state index in [9.17, 15) is 13.2 Å². The molecule has 0 unspecified atom stereocenters. The van der Waals surface area contributed by atoms with E-state index in [1.807, 2.05) is 13.8 Å². The molecule has 1 aliphatic rings. The summed E-state index contributed by atoms with van der Waals surface area (Å²) in [7, 11) is -4.02. The Morgan fingerprint density at radius 1 is 1.28 bits per heavy atom. The van der Waals surface area contributed by atoms with Crippen molar-refractivity contribution in [1.29, 1.82) is 0 Å². The van der Waals surface area contributed by atoms with Crippen LogP contribution in [0.1, 0.15) is 12.5 Å². The SMILES string of the molecule is C[C@H]1NC(=O)[C@H]1N.Cc1ccc(S(=O)(=O)O)cc1. The van der Waals surface area contributed by atoms with Gasteiger partial charge in [-0.2, -0.15) is 8.42 Å². The molecule has 1 fully saturated rings. The Balaban J connectivity index is 0.000000199. The van der Waals surface area contributed by atoms with Crippen LogP contribution in [0.5, 0.6) is 0 Å². The van der Waals surface area contributed by atoms with Crippen LogP contribution < -0.4 is 11.1 Å². The lowest BCUT2D eigenvalue weighted by Crippen LogP contribution is -2.65. The summed E-state index contributed by atoms with van der Waals surface area (Å²) in [5, 5.41) is 2.59. The zero-order valence-corrected chi connectivity index (χ0v) is 10.9. The van der Waals surface area contributed by atoms with Crippen LogP contribution in [0.25, 0.3) is 0 Å². The Morgan fingerprint density at radius 3 is 2.00 bits per heavy atom. The topological polar surface area (TPSA) is 109 Å². The van der Waals surface area contributed by atoms with E-state index >= 15 is 0 Å². The minimum atomic E-state index is -4.02. The Bertz CT molecular complexity index is 524. The molecule has 1 heterocycles. The average Bonchev–Trinajstić information content (AvgIpc) is 2.29. The zero-order valence-electron chi connectivity index (χ0n) is 10.1. The third-order valence-corrected chi connectivity index (χ3v) is 3.40. The molecule has 1 saturated heterocycles. The maximum absolute atomic E-state index is 10.5. The molecular weight excluding hydrogens is 256 g/mol. The molecule has 18 heavy (non-hydrogen) atoms. The lowest BCUT2D eigenvalue weighted by Gasteiger charge is -2.30. The summed E-state index contributed by atoms with van der Waals surface area (Å²) in [6.07, 6.45) is 0. The summed E-state index contributed by atoms with van der Waals surface area (Å²) in [5.74, 6) is -0.0347. The van der Waals surface area contributed by atoms with Crippen LogP contribution in [-0.2, 0) is 14.9 Å². The predicted molar refractivity (Wildman–Crippen MR) is 66.6 cm³/mol. The quantitative estimate of drug-likeness (QED) is 0.495. The highest BCUT2D eigenvalue weighted by molar-refractivity contribution is 7.85. The van der Waals surface area contributed by atoms with Crippen molar-refractivity contribution in [1.82, 2.24) is 5.32 Å². The lowest BCUT2D eigenvalue weighted by atomic mass is 10.0. The standard InChI is InChI=1S/C7H8O3S.C4H8N2O/c1-6-2-4-7(5-3-6)11(8,9)10;1-2-3(5)4(7)6-2/h2-5H,1H3,(H,8,9,10);2-3H,5H2,1H3,(H,6,7)/t;2-,3+/m.1/s1. The number of nitrogens with one attached hydrogen (secondary N) is 1. The summed E-state index contributed by atoms with van der Waals surface area (Å²) in [4.78, 5) is 10.1. The fourth-order valence-electron chi connectivity index (χ4n) is 1.25. The molecule has 1 amide bonds. The summed E-state index contributed by atoms with van der Waals surface area (Å²) in [6.45, 7) is 3.72. The fourth-order valence-corrected chi connectivity index (χ4v) is 1.73. The summed E-state index contributed by atoms with van der Waals surface area (Å²) >= 11 is 0. The lowest BCUT2D eigenvalue weighted by molar-refractivity contribution is -0.129. The Hall–Kier alpha value is -1.44. The van der Waals surface area contributed by atoms with Crippen molar-refractivity contribution >= 4 is 16.0 Å². The number of carbonyl (C=O) groups is 1. The first-order valence-corrected chi connectivity index (χ1v) is 6.76. The minimum Gasteiger partial charge on any atom is -0.350 e. The summed E-state index contributed by atoms with van der Waals surface area (Å²) in [6, 6.07) is 5.93. The van der Waals surface area contributed by atoms with Gasteiger partial charge in [-0.15, -0.1) is 0 Å². The number of benzene rings is 1. The van der Waals surface area contributed by atoms with E-state index in [4.69, 9.17) is 10.3 Å². The molecule has 6 nitrogen and oxygen atoms in total. The van der Waals surface area contributed by atoms with E-state index in [1.54, 1.807) is 12.1 Å². The number of amides is 1. The van der Waals surface area contributed by atoms with Gasteiger partial charge in [0.2, 0.25) is 5.91 Å². The Morgan fingerprint density at radius 2 is 1.78 bits per heavy atom. The molecule has 1 aliphatic heterocycles. The highest BCUT2D eigenvalue weighted by atomic mass is 32.2. The second-order valence-electron chi connectivity index (χ2n) is 4.11. The van der Waals surface area contributed by atoms with Crippen LogP contribution in [0.15, 0.2) is 29.2 Å². The van der Waals surface area contributed by atoms with E-state index in [-0.39, 0.29) is 22.9 Å². The van der Waals surface area contributed by atoms with Crippen LogP contribution >= 0.6 is 0 Å². The highest BCUT2D eigenvalue weighted by Crippen LogP contribution is 2.08. The molecule has 1 aromatic rings. The van der Waals surface area contributed by atoms with Gasteiger partial charge in [0.05, 0.1) is 10.9 Å². The van der Waals surface area contributed by atoms with Gasteiger partial charge in [-0.25, -0.2) is 0 Å². The van der Waals surface area contributed by atoms with Crippen molar-refractivity contribution in [3.63, 3.8) is 0 Å².